The largest absolute Gasteiger partial charge is 0.342 e. The van der Waals surface area contributed by atoms with Crippen molar-refractivity contribution in [2.75, 3.05) is 26.4 Å². The highest BCUT2D eigenvalue weighted by Gasteiger charge is 2.33. The Hall–Kier alpha value is -1.49. The van der Waals surface area contributed by atoms with Gasteiger partial charge in [0.1, 0.15) is 0 Å². The predicted octanol–water partition coefficient (Wildman–Crippen LogP) is 3.65. The molecule has 0 aliphatic carbocycles. The summed E-state index contributed by atoms with van der Waals surface area (Å²) in [7, 11) is 1.87. The first kappa shape index (κ1) is 19.8. The molecular weight excluding hydrogens is 332 g/mol. The third-order valence-electron chi connectivity index (χ3n) is 4.73. The third kappa shape index (κ3) is 5.24. The zero-order valence-corrected chi connectivity index (χ0v) is 16.9. The Morgan fingerprint density at radius 2 is 1.72 bits per heavy atom. The SMILES string of the molecule is CSc1ccc(CN(C)C(=O)C2CCN(C(=O)C(C)(C)C)CC2)cc1. The van der Waals surface area contributed by atoms with Gasteiger partial charge >= 0.3 is 0 Å². The molecule has 2 amide bonds. The van der Waals surface area contributed by atoms with Gasteiger partial charge in [-0.3, -0.25) is 9.59 Å². The molecule has 0 bridgehead atoms. The van der Waals surface area contributed by atoms with Gasteiger partial charge in [0.05, 0.1) is 0 Å². The topological polar surface area (TPSA) is 40.6 Å². The Morgan fingerprint density at radius 3 is 2.20 bits per heavy atom. The molecule has 4 nitrogen and oxygen atoms in total. The minimum atomic E-state index is -0.351. The van der Waals surface area contributed by atoms with Crippen molar-refractivity contribution in [2.24, 2.45) is 11.3 Å². The van der Waals surface area contributed by atoms with Crippen molar-refractivity contribution < 1.29 is 9.59 Å². The molecule has 0 spiro atoms. The number of amides is 2. The Labute approximate surface area is 156 Å². The van der Waals surface area contributed by atoms with Crippen LogP contribution in [0.25, 0.3) is 0 Å². The highest BCUT2D eigenvalue weighted by Crippen LogP contribution is 2.25. The van der Waals surface area contributed by atoms with Crippen LogP contribution in [-0.4, -0.2) is 48.0 Å². The second-order valence-electron chi connectivity index (χ2n) is 7.86. The van der Waals surface area contributed by atoms with Crippen LogP contribution in [0.3, 0.4) is 0 Å². The summed E-state index contributed by atoms with van der Waals surface area (Å²) in [4.78, 5) is 30.0. The lowest BCUT2D eigenvalue weighted by molar-refractivity contribution is -0.144. The summed E-state index contributed by atoms with van der Waals surface area (Å²) >= 11 is 1.72. The van der Waals surface area contributed by atoms with E-state index in [1.165, 1.54) is 4.90 Å². The van der Waals surface area contributed by atoms with Gasteiger partial charge in [-0.25, -0.2) is 0 Å². The number of hydrogen-bond donors (Lipinski definition) is 0. The van der Waals surface area contributed by atoms with Crippen molar-refractivity contribution in [1.29, 1.82) is 0 Å². The molecule has 1 aliphatic heterocycles. The molecule has 0 unspecified atom stereocenters. The lowest BCUT2D eigenvalue weighted by Crippen LogP contribution is -2.46. The summed E-state index contributed by atoms with van der Waals surface area (Å²) in [6, 6.07) is 8.35. The Kier molecular flexibility index (Phi) is 6.55. The van der Waals surface area contributed by atoms with Crippen molar-refractivity contribution in [3.63, 3.8) is 0 Å². The zero-order chi connectivity index (χ0) is 18.6. The van der Waals surface area contributed by atoms with E-state index in [4.69, 9.17) is 0 Å². The second kappa shape index (κ2) is 8.26. The molecule has 1 aliphatic rings. The van der Waals surface area contributed by atoms with Gasteiger partial charge in [-0.1, -0.05) is 32.9 Å². The minimum absolute atomic E-state index is 0.0273. The summed E-state index contributed by atoms with van der Waals surface area (Å²) in [5.41, 5.74) is 0.797. The number of thioether (sulfide) groups is 1. The van der Waals surface area contributed by atoms with Gasteiger partial charge in [0.2, 0.25) is 11.8 Å². The first-order valence-electron chi connectivity index (χ1n) is 8.89. The maximum absolute atomic E-state index is 12.7. The van der Waals surface area contributed by atoms with E-state index in [1.54, 1.807) is 11.8 Å². The van der Waals surface area contributed by atoms with Crippen molar-refractivity contribution in [3.8, 4) is 0 Å². The number of likely N-dealkylation sites (tertiary alicyclic amines) is 1. The summed E-state index contributed by atoms with van der Waals surface area (Å²) < 4.78 is 0. The van der Waals surface area contributed by atoms with E-state index in [0.29, 0.717) is 19.6 Å². The van der Waals surface area contributed by atoms with Crippen LogP contribution in [0, 0.1) is 11.3 Å². The van der Waals surface area contributed by atoms with Gasteiger partial charge < -0.3 is 9.80 Å². The number of carbonyl (C=O) groups is 2. The Bertz CT molecular complexity index is 599. The molecule has 0 aromatic heterocycles. The Balaban J connectivity index is 1.87. The molecule has 25 heavy (non-hydrogen) atoms. The monoisotopic (exact) mass is 362 g/mol. The molecule has 0 N–H and O–H groups in total. The molecule has 1 aromatic rings. The number of piperidine rings is 1. The van der Waals surface area contributed by atoms with Crippen molar-refractivity contribution in [3.05, 3.63) is 29.8 Å². The number of rotatable bonds is 4. The van der Waals surface area contributed by atoms with Gasteiger partial charge in [-0.2, -0.15) is 0 Å². The lowest BCUT2D eigenvalue weighted by atomic mass is 9.90. The minimum Gasteiger partial charge on any atom is -0.342 e. The highest BCUT2D eigenvalue weighted by atomic mass is 32.2. The van der Waals surface area contributed by atoms with Crippen LogP contribution in [-0.2, 0) is 16.1 Å². The van der Waals surface area contributed by atoms with Crippen LogP contribution < -0.4 is 0 Å². The predicted molar refractivity (Wildman–Crippen MR) is 103 cm³/mol. The van der Waals surface area contributed by atoms with Crippen LogP contribution in [0.4, 0.5) is 0 Å². The fourth-order valence-corrected chi connectivity index (χ4v) is 3.61. The van der Waals surface area contributed by atoms with E-state index in [-0.39, 0.29) is 23.1 Å². The van der Waals surface area contributed by atoms with Crippen molar-refractivity contribution in [1.82, 2.24) is 9.80 Å². The van der Waals surface area contributed by atoms with E-state index >= 15 is 0 Å². The molecule has 1 saturated heterocycles. The third-order valence-corrected chi connectivity index (χ3v) is 5.47. The maximum atomic E-state index is 12.7. The Morgan fingerprint density at radius 1 is 1.16 bits per heavy atom. The molecule has 0 saturated carbocycles. The quantitative estimate of drug-likeness (QED) is 0.768. The first-order chi connectivity index (χ1) is 11.7. The van der Waals surface area contributed by atoms with Gasteiger partial charge in [0.25, 0.3) is 0 Å². The molecule has 1 fully saturated rings. The standard InChI is InChI=1S/C20H30N2O2S/c1-20(2,3)19(24)22-12-10-16(11-13-22)18(23)21(4)14-15-6-8-17(25-5)9-7-15/h6-9,16H,10-14H2,1-5H3. The van der Waals surface area contributed by atoms with Crippen LogP contribution in [0.15, 0.2) is 29.2 Å². The maximum Gasteiger partial charge on any atom is 0.227 e. The fraction of sp³-hybridized carbons (Fsp3) is 0.600. The van der Waals surface area contributed by atoms with Gasteiger partial charge in [0, 0.05) is 42.9 Å². The molecule has 2 rings (SSSR count). The number of carbonyl (C=O) groups excluding carboxylic acids is 2. The van der Waals surface area contributed by atoms with Crippen LogP contribution in [0.5, 0.6) is 0 Å². The molecule has 0 radical (unpaired) electrons. The average Bonchev–Trinajstić information content (AvgIpc) is 2.60. The lowest BCUT2D eigenvalue weighted by Gasteiger charge is -2.36. The number of hydrogen-bond acceptors (Lipinski definition) is 3. The van der Waals surface area contributed by atoms with E-state index in [0.717, 1.165) is 18.4 Å². The fourth-order valence-electron chi connectivity index (χ4n) is 3.20. The molecule has 0 atom stereocenters. The van der Waals surface area contributed by atoms with Gasteiger partial charge in [0.15, 0.2) is 0 Å². The number of nitrogens with zero attached hydrogens (tertiary/aromatic N) is 2. The van der Waals surface area contributed by atoms with E-state index in [2.05, 4.69) is 30.5 Å². The summed E-state index contributed by atoms with van der Waals surface area (Å²) in [6.07, 6.45) is 3.58. The molecular formula is C20H30N2O2S. The summed E-state index contributed by atoms with van der Waals surface area (Å²) in [6.45, 7) is 7.84. The molecule has 138 valence electrons. The number of benzene rings is 1. The van der Waals surface area contributed by atoms with Crippen molar-refractivity contribution >= 4 is 23.6 Å². The van der Waals surface area contributed by atoms with Crippen LogP contribution >= 0.6 is 11.8 Å². The van der Waals surface area contributed by atoms with Crippen LogP contribution in [0.2, 0.25) is 0 Å². The highest BCUT2D eigenvalue weighted by molar-refractivity contribution is 7.98. The van der Waals surface area contributed by atoms with Crippen LogP contribution in [0.1, 0.15) is 39.2 Å². The van der Waals surface area contributed by atoms with E-state index in [1.807, 2.05) is 37.6 Å². The zero-order valence-electron chi connectivity index (χ0n) is 16.0. The van der Waals surface area contributed by atoms with E-state index in [9.17, 15) is 9.59 Å². The van der Waals surface area contributed by atoms with Gasteiger partial charge in [-0.05, 0) is 36.8 Å². The molecule has 5 heteroatoms. The first-order valence-corrected chi connectivity index (χ1v) is 10.1. The normalized spacial score (nSPS) is 16.0. The van der Waals surface area contributed by atoms with Crippen molar-refractivity contribution in [2.45, 2.75) is 45.1 Å². The summed E-state index contributed by atoms with van der Waals surface area (Å²) in [5, 5.41) is 0. The second-order valence-corrected chi connectivity index (χ2v) is 8.74. The van der Waals surface area contributed by atoms with Gasteiger partial charge in [-0.15, -0.1) is 11.8 Å². The molecule has 1 aromatic carbocycles. The average molecular weight is 363 g/mol. The smallest absolute Gasteiger partial charge is 0.227 e. The molecule has 1 heterocycles. The summed E-state index contributed by atoms with van der Waals surface area (Å²) in [5.74, 6) is 0.400. The van der Waals surface area contributed by atoms with E-state index < -0.39 is 0 Å².